The van der Waals surface area contributed by atoms with E-state index in [-0.39, 0.29) is 6.04 Å². The van der Waals surface area contributed by atoms with E-state index >= 15 is 0 Å². The summed E-state index contributed by atoms with van der Waals surface area (Å²) >= 11 is 0. The third kappa shape index (κ3) is 4.98. The van der Waals surface area contributed by atoms with Crippen molar-refractivity contribution in [3.63, 3.8) is 0 Å². The van der Waals surface area contributed by atoms with Gasteiger partial charge in [-0.2, -0.15) is 0 Å². The average molecular weight is 368 g/mol. The summed E-state index contributed by atoms with van der Waals surface area (Å²) in [5.74, 6) is 0. The minimum absolute atomic E-state index is 0.0419. The van der Waals surface area contributed by atoms with E-state index in [0.29, 0.717) is 11.7 Å². The molecule has 0 fully saturated rings. The van der Waals surface area contributed by atoms with Crippen molar-refractivity contribution in [2.24, 2.45) is 5.73 Å². The predicted molar refractivity (Wildman–Crippen MR) is 109 cm³/mol. The van der Waals surface area contributed by atoms with Crippen molar-refractivity contribution in [2.45, 2.75) is 51.1 Å². The molecule has 0 unspecified atom stereocenters. The van der Waals surface area contributed by atoms with Gasteiger partial charge in [-0.25, -0.2) is 4.79 Å². The number of methoxy groups -OCH3 is 1. The van der Waals surface area contributed by atoms with Crippen molar-refractivity contribution in [3.05, 3.63) is 42.2 Å². The van der Waals surface area contributed by atoms with Crippen molar-refractivity contribution in [1.29, 1.82) is 0 Å². The van der Waals surface area contributed by atoms with Gasteiger partial charge in [-0.15, -0.1) is 0 Å². The van der Waals surface area contributed by atoms with Gasteiger partial charge in [0, 0.05) is 35.2 Å². The quantitative estimate of drug-likeness (QED) is 0.679. The van der Waals surface area contributed by atoms with Crippen LogP contribution in [-0.2, 0) is 4.74 Å². The molecular formula is C21H28N4O2. The Kier molecular flexibility index (Phi) is 6.29. The second-order valence-electron chi connectivity index (χ2n) is 7.14. The van der Waals surface area contributed by atoms with Crippen molar-refractivity contribution in [1.82, 2.24) is 4.98 Å². The normalized spacial score (nSPS) is 20.1. The Morgan fingerprint density at radius 3 is 2.85 bits per heavy atom. The number of hydrogen-bond donors (Lipinski definition) is 3. The number of nitrogens with two attached hydrogens (primary N) is 1. The number of ether oxygens (including phenoxy) is 1. The summed E-state index contributed by atoms with van der Waals surface area (Å²) in [6.07, 6.45) is 6.80. The maximum absolute atomic E-state index is 11.6. The Hall–Kier alpha value is -2.60. The molecule has 1 aromatic carbocycles. The number of carbonyl (C=O) groups excluding carboxylic acids is 1. The van der Waals surface area contributed by atoms with Crippen molar-refractivity contribution < 1.29 is 9.53 Å². The maximum atomic E-state index is 11.6. The van der Waals surface area contributed by atoms with E-state index < -0.39 is 6.09 Å². The molecule has 0 radical (unpaired) electrons. The summed E-state index contributed by atoms with van der Waals surface area (Å²) in [4.78, 5) is 16.0. The highest BCUT2D eigenvalue weighted by molar-refractivity contribution is 5.88. The number of anilines is 2. The molecule has 6 heteroatoms. The third-order valence-corrected chi connectivity index (χ3v) is 4.98. The average Bonchev–Trinajstić information content (AvgIpc) is 2.67. The minimum Gasteiger partial charge on any atom is -0.453 e. The van der Waals surface area contributed by atoms with Gasteiger partial charge < -0.3 is 15.8 Å². The number of hydrogen-bond acceptors (Lipinski definition) is 5. The number of carbonyl (C=O) groups is 1. The number of nitrogens with zero attached hydrogens (tertiary/aromatic N) is 1. The topological polar surface area (TPSA) is 89.3 Å². The van der Waals surface area contributed by atoms with E-state index in [0.717, 1.165) is 54.6 Å². The summed E-state index contributed by atoms with van der Waals surface area (Å²) in [5, 5.41) is 6.34. The first kappa shape index (κ1) is 19.2. The summed E-state index contributed by atoms with van der Waals surface area (Å²) in [6.45, 7) is 2.19. The molecule has 144 valence electrons. The zero-order valence-corrected chi connectivity index (χ0v) is 16.0. The SMILES string of the molecule is COC(=O)Nc1ccc2c(c1)N[C@@H](C)CCCCC[C@H](N)c1cc-2ccn1. The van der Waals surface area contributed by atoms with Gasteiger partial charge in [-0.05, 0) is 49.6 Å². The number of aromatic nitrogens is 1. The second kappa shape index (κ2) is 8.86. The van der Waals surface area contributed by atoms with Crippen LogP contribution in [0.3, 0.4) is 0 Å². The molecule has 27 heavy (non-hydrogen) atoms. The highest BCUT2D eigenvalue weighted by atomic mass is 16.5. The van der Waals surface area contributed by atoms with E-state index in [4.69, 9.17) is 10.5 Å². The van der Waals surface area contributed by atoms with Crippen LogP contribution in [0.1, 0.15) is 50.8 Å². The fourth-order valence-corrected chi connectivity index (χ4v) is 3.46. The van der Waals surface area contributed by atoms with E-state index in [2.05, 4.69) is 28.6 Å². The van der Waals surface area contributed by atoms with Crippen LogP contribution in [0.2, 0.25) is 0 Å². The van der Waals surface area contributed by atoms with Gasteiger partial charge in [0.2, 0.25) is 0 Å². The Labute approximate surface area is 160 Å². The van der Waals surface area contributed by atoms with Crippen LogP contribution in [0.5, 0.6) is 0 Å². The Morgan fingerprint density at radius 1 is 1.22 bits per heavy atom. The van der Waals surface area contributed by atoms with Crippen LogP contribution in [0.4, 0.5) is 16.2 Å². The highest BCUT2D eigenvalue weighted by Crippen LogP contribution is 2.33. The second-order valence-corrected chi connectivity index (χ2v) is 7.14. The first-order valence-corrected chi connectivity index (χ1v) is 9.54. The van der Waals surface area contributed by atoms with E-state index in [1.54, 1.807) is 0 Å². The molecule has 1 amide bonds. The minimum atomic E-state index is -0.482. The molecule has 2 heterocycles. The molecule has 0 spiro atoms. The van der Waals surface area contributed by atoms with Crippen LogP contribution in [0.25, 0.3) is 11.1 Å². The lowest BCUT2D eigenvalue weighted by Gasteiger charge is -2.19. The molecule has 6 nitrogen and oxygen atoms in total. The number of fused-ring (bicyclic) bond motifs is 4. The fourth-order valence-electron chi connectivity index (χ4n) is 3.46. The van der Waals surface area contributed by atoms with Crippen LogP contribution >= 0.6 is 0 Å². The first-order chi connectivity index (χ1) is 13.1. The highest BCUT2D eigenvalue weighted by Gasteiger charge is 2.15. The Balaban J connectivity index is 2.01. The van der Waals surface area contributed by atoms with E-state index in [9.17, 15) is 4.79 Å². The first-order valence-electron chi connectivity index (χ1n) is 9.54. The van der Waals surface area contributed by atoms with Crippen LogP contribution < -0.4 is 16.4 Å². The molecule has 1 aliphatic rings. The number of pyridine rings is 1. The lowest BCUT2D eigenvalue weighted by molar-refractivity contribution is 0.187. The molecule has 0 aliphatic carbocycles. The molecule has 1 aliphatic heterocycles. The van der Waals surface area contributed by atoms with Crippen LogP contribution in [0.15, 0.2) is 36.5 Å². The molecule has 2 atom stereocenters. The van der Waals surface area contributed by atoms with Crippen molar-refractivity contribution in [3.8, 4) is 11.1 Å². The van der Waals surface area contributed by atoms with Gasteiger partial charge >= 0.3 is 6.09 Å². The molecule has 2 aromatic rings. The number of rotatable bonds is 1. The molecule has 0 saturated heterocycles. The Bertz CT molecular complexity index is 794. The maximum Gasteiger partial charge on any atom is 0.411 e. The number of amides is 1. The molecule has 0 saturated carbocycles. The van der Waals surface area contributed by atoms with Crippen LogP contribution in [-0.4, -0.2) is 24.2 Å². The van der Waals surface area contributed by atoms with E-state index in [1.807, 2.05) is 30.5 Å². The standard InChI is InChI=1S/C21H28N4O2/c1-14-6-4-3-5-7-18(22)20-12-15(10-11-23-20)17-9-8-16(13-19(17)24-14)25-21(26)27-2/h8-14,18,24H,3-7,22H2,1-2H3,(H,25,26)/t14-,18-/m0/s1. The lowest BCUT2D eigenvalue weighted by Crippen LogP contribution is -2.16. The molecule has 2 bridgehead atoms. The molecular weight excluding hydrogens is 340 g/mol. The number of benzene rings is 1. The van der Waals surface area contributed by atoms with E-state index in [1.165, 1.54) is 7.11 Å². The number of nitrogens with one attached hydrogen (secondary N) is 2. The zero-order chi connectivity index (χ0) is 19.2. The van der Waals surface area contributed by atoms with Gasteiger partial charge in [0.05, 0.1) is 12.8 Å². The summed E-state index contributed by atoms with van der Waals surface area (Å²) in [6, 6.07) is 10.2. The lowest BCUT2D eigenvalue weighted by atomic mass is 10.00. The molecule has 3 rings (SSSR count). The Morgan fingerprint density at radius 2 is 2.04 bits per heavy atom. The fraction of sp³-hybridized carbons (Fsp3) is 0.429. The summed E-state index contributed by atoms with van der Waals surface area (Å²) in [7, 11) is 1.36. The largest absolute Gasteiger partial charge is 0.453 e. The summed E-state index contributed by atoms with van der Waals surface area (Å²) < 4.78 is 4.70. The molecule has 4 N–H and O–H groups in total. The monoisotopic (exact) mass is 368 g/mol. The van der Waals surface area contributed by atoms with Crippen molar-refractivity contribution in [2.75, 3.05) is 17.7 Å². The van der Waals surface area contributed by atoms with Crippen LogP contribution in [0, 0.1) is 0 Å². The third-order valence-electron chi connectivity index (χ3n) is 4.98. The zero-order valence-electron chi connectivity index (χ0n) is 16.0. The molecule has 1 aromatic heterocycles. The smallest absolute Gasteiger partial charge is 0.411 e. The van der Waals surface area contributed by atoms with Gasteiger partial charge in [0.1, 0.15) is 0 Å². The predicted octanol–water partition coefficient (Wildman–Crippen LogP) is 4.69. The van der Waals surface area contributed by atoms with Gasteiger partial charge in [-0.3, -0.25) is 10.3 Å². The van der Waals surface area contributed by atoms with Gasteiger partial charge in [0.25, 0.3) is 0 Å². The summed E-state index contributed by atoms with van der Waals surface area (Å²) in [5.41, 5.74) is 11.1. The van der Waals surface area contributed by atoms with Crippen molar-refractivity contribution >= 4 is 17.5 Å². The van der Waals surface area contributed by atoms with Gasteiger partial charge in [-0.1, -0.05) is 25.3 Å². The van der Waals surface area contributed by atoms with Gasteiger partial charge in [0.15, 0.2) is 0 Å².